The van der Waals surface area contributed by atoms with Gasteiger partial charge < -0.3 is 9.15 Å². The number of halogens is 2. The summed E-state index contributed by atoms with van der Waals surface area (Å²) in [5.41, 5.74) is 0.596. The largest absolute Gasteiger partial charge is 0.465 e. The molecule has 0 bridgehead atoms. The molecule has 0 N–H and O–H groups in total. The van der Waals surface area contributed by atoms with Gasteiger partial charge in [-0.05, 0) is 31.2 Å². The van der Waals surface area contributed by atoms with E-state index in [0.717, 1.165) is 4.57 Å². The van der Waals surface area contributed by atoms with Crippen molar-refractivity contribution in [3.63, 3.8) is 0 Å². The molecule has 134 valence electrons. The Balaban J connectivity index is 2.16. The van der Waals surface area contributed by atoms with Gasteiger partial charge in [-0.15, -0.1) is 0 Å². The number of nitrogens with zero attached hydrogens (tertiary/aromatic N) is 1. The van der Waals surface area contributed by atoms with Crippen LogP contribution in [0.15, 0.2) is 45.6 Å². The van der Waals surface area contributed by atoms with Crippen LogP contribution in [0.25, 0.3) is 11.1 Å². The van der Waals surface area contributed by atoms with Crippen molar-refractivity contribution in [3.8, 4) is 0 Å². The summed E-state index contributed by atoms with van der Waals surface area (Å²) >= 11 is 12.2. The monoisotopic (exact) mass is 393 g/mol. The highest BCUT2D eigenvalue weighted by atomic mass is 35.5. The lowest BCUT2D eigenvalue weighted by Gasteiger charge is -2.06. The summed E-state index contributed by atoms with van der Waals surface area (Å²) in [4.78, 5) is 36.8. The number of rotatable bonds is 5. The van der Waals surface area contributed by atoms with Gasteiger partial charge in [0.1, 0.15) is 6.54 Å². The maximum absolute atomic E-state index is 12.9. The fourth-order valence-corrected chi connectivity index (χ4v) is 3.01. The molecule has 3 aromatic rings. The zero-order valence-electron chi connectivity index (χ0n) is 13.6. The van der Waals surface area contributed by atoms with Crippen LogP contribution >= 0.6 is 23.2 Å². The van der Waals surface area contributed by atoms with Crippen LogP contribution in [0.5, 0.6) is 0 Å². The molecule has 0 fully saturated rings. The number of hydrogen-bond donors (Lipinski definition) is 0. The molecule has 0 atom stereocenters. The maximum Gasteiger partial charge on any atom is 0.420 e. The van der Waals surface area contributed by atoms with Gasteiger partial charge in [-0.2, -0.15) is 0 Å². The average molecular weight is 394 g/mol. The van der Waals surface area contributed by atoms with Gasteiger partial charge in [0.25, 0.3) is 0 Å². The molecular weight excluding hydrogens is 381 g/mol. The predicted molar refractivity (Wildman–Crippen MR) is 97.0 cm³/mol. The Bertz CT molecular complexity index is 1070. The van der Waals surface area contributed by atoms with Crippen molar-refractivity contribution in [2.45, 2.75) is 13.5 Å². The summed E-state index contributed by atoms with van der Waals surface area (Å²) in [5.74, 6) is -1.83. The number of oxazole rings is 1. The number of fused-ring (bicyclic) bond motifs is 1. The van der Waals surface area contributed by atoms with Crippen molar-refractivity contribution in [3.05, 3.63) is 68.1 Å². The van der Waals surface area contributed by atoms with E-state index in [1.165, 1.54) is 12.1 Å². The number of aromatic nitrogens is 1. The second-order valence-corrected chi connectivity index (χ2v) is 6.21. The molecule has 2 aromatic carbocycles. The van der Waals surface area contributed by atoms with Crippen LogP contribution in [0.3, 0.4) is 0 Å². The van der Waals surface area contributed by atoms with Gasteiger partial charge in [0, 0.05) is 10.6 Å². The number of hydrogen-bond acceptors (Lipinski definition) is 5. The van der Waals surface area contributed by atoms with E-state index in [4.69, 9.17) is 32.4 Å². The Morgan fingerprint density at radius 1 is 1.15 bits per heavy atom. The minimum Gasteiger partial charge on any atom is -0.465 e. The minimum atomic E-state index is -0.788. The van der Waals surface area contributed by atoms with Crippen LogP contribution in [0, 0.1) is 0 Å². The van der Waals surface area contributed by atoms with E-state index in [9.17, 15) is 14.4 Å². The zero-order chi connectivity index (χ0) is 18.8. The second-order valence-electron chi connectivity index (χ2n) is 5.37. The number of esters is 1. The van der Waals surface area contributed by atoms with Crippen LogP contribution in [0.2, 0.25) is 10.0 Å². The highest BCUT2D eigenvalue weighted by molar-refractivity contribution is 6.36. The quantitative estimate of drug-likeness (QED) is 0.487. The third kappa shape index (κ3) is 3.38. The van der Waals surface area contributed by atoms with E-state index < -0.39 is 17.5 Å². The van der Waals surface area contributed by atoms with Gasteiger partial charge >= 0.3 is 11.7 Å². The van der Waals surface area contributed by atoms with Crippen molar-refractivity contribution in [1.29, 1.82) is 0 Å². The molecule has 3 rings (SSSR count). The molecule has 0 aliphatic rings. The first kappa shape index (κ1) is 18.2. The summed E-state index contributed by atoms with van der Waals surface area (Å²) in [5, 5.41) is 0.477. The molecule has 0 saturated heterocycles. The topological polar surface area (TPSA) is 78.5 Å². The van der Waals surface area contributed by atoms with Gasteiger partial charge in [0.15, 0.2) is 11.4 Å². The number of ketones is 1. The van der Waals surface area contributed by atoms with Crippen molar-refractivity contribution in [2.24, 2.45) is 0 Å². The van der Waals surface area contributed by atoms with Crippen molar-refractivity contribution in [2.75, 3.05) is 6.61 Å². The average Bonchev–Trinajstić information content (AvgIpc) is 2.90. The van der Waals surface area contributed by atoms with Crippen LogP contribution in [-0.4, -0.2) is 22.9 Å². The smallest absolute Gasteiger partial charge is 0.420 e. The Labute approximate surface area is 157 Å². The molecule has 0 radical (unpaired) electrons. The summed E-state index contributed by atoms with van der Waals surface area (Å²) in [7, 11) is 0. The Kier molecular flexibility index (Phi) is 5.15. The molecule has 0 spiro atoms. The fraction of sp³-hybridized carbons (Fsp3) is 0.167. The van der Waals surface area contributed by atoms with Crippen LogP contribution in [0.1, 0.15) is 22.8 Å². The first-order valence-corrected chi connectivity index (χ1v) is 8.45. The molecule has 0 saturated carbocycles. The number of benzene rings is 2. The molecule has 0 unspecified atom stereocenters. The van der Waals surface area contributed by atoms with Crippen molar-refractivity contribution in [1.82, 2.24) is 4.57 Å². The molecule has 1 heterocycles. The van der Waals surface area contributed by atoms with Crippen LogP contribution in [0.4, 0.5) is 0 Å². The summed E-state index contributed by atoms with van der Waals surface area (Å²) in [6, 6.07) is 9.35. The van der Waals surface area contributed by atoms with Crippen molar-refractivity contribution < 1.29 is 18.7 Å². The minimum absolute atomic E-state index is 0.0358. The molecule has 26 heavy (non-hydrogen) atoms. The highest BCUT2D eigenvalue weighted by Crippen LogP contribution is 2.28. The SMILES string of the molecule is CCOC(=O)Cn1c(=O)oc2c(C(=O)c3ccccc3Cl)cc(Cl)cc21. The lowest BCUT2D eigenvalue weighted by Crippen LogP contribution is -2.21. The van der Waals surface area contributed by atoms with Crippen LogP contribution in [-0.2, 0) is 16.1 Å². The van der Waals surface area contributed by atoms with E-state index in [2.05, 4.69) is 0 Å². The Morgan fingerprint density at radius 2 is 1.88 bits per heavy atom. The highest BCUT2D eigenvalue weighted by Gasteiger charge is 2.22. The lowest BCUT2D eigenvalue weighted by molar-refractivity contribution is -0.143. The predicted octanol–water partition coefficient (Wildman–Crippen LogP) is 3.70. The molecule has 0 aliphatic carbocycles. The first-order chi connectivity index (χ1) is 12.4. The normalized spacial score (nSPS) is 10.9. The maximum atomic E-state index is 12.9. The fourth-order valence-electron chi connectivity index (χ4n) is 2.57. The van der Waals surface area contributed by atoms with E-state index >= 15 is 0 Å². The molecule has 1 aromatic heterocycles. The van der Waals surface area contributed by atoms with E-state index in [1.54, 1.807) is 31.2 Å². The molecule has 8 heteroatoms. The number of carbonyl (C=O) groups excluding carboxylic acids is 2. The third-order valence-corrected chi connectivity index (χ3v) is 4.24. The van der Waals surface area contributed by atoms with Gasteiger partial charge in [-0.1, -0.05) is 35.3 Å². The lowest BCUT2D eigenvalue weighted by atomic mass is 10.0. The summed E-state index contributed by atoms with van der Waals surface area (Å²) < 4.78 is 11.2. The van der Waals surface area contributed by atoms with Crippen molar-refractivity contribution >= 4 is 46.1 Å². The second kappa shape index (κ2) is 7.35. The Morgan fingerprint density at radius 3 is 2.58 bits per heavy atom. The third-order valence-electron chi connectivity index (χ3n) is 3.69. The van der Waals surface area contributed by atoms with Gasteiger partial charge in [-0.3, -0.25) is 14.2 Å². The number of ether oxygens (including phenoxy) is 1. The van der Waals surface area contributed by atoms with Gasteiger partial charge in [0.05, 0.1) is 22.7 Å². The summed E-state index contributed by atoms with van der Waals surface area (Å²) in [6.07, 6.45) is 0. The molecule has 0 aliphatic heterocycles. The molecule has 6 nitrogen and oxygen atoms in total. The van der Waals surface area contributed by atoms with Gasteiger partial charge in [-0.25, -0.2) is 4.79 Å². The van der Waals surface area contributed by atoms with E-state index in [1.807, 2.05) is 0 Å². The zero-order valence-corrected chi connectivity index (χ0v) is 15.1. The first-order valence-electron chi connectivity index (χ1n) is 7.70. The van der Waals surface area contributed by atoms with E-state index in [-0.39, 0.29) is 45.4 Å². The standard InChI is InChI=1S/C18H13Cl2NO5/c1-2-25-15(22)9-21-14-8-10(19)7-12(17(14)26-18(21)24)16(23)11-5-3-4-6-13(11)20/h3-8H,2,9H2,1H3. The molecular formula is C18H13Cl2NO5. The van der Waals surface area contributed by atoms with Crippen LogP contribution < -0.4 is 5.76 Å². The molecule has 0 amide bonds. The Hall–Kier alpha value is -2.57. The van der Waals surface area contributed by atoms with E-state index in [0.29, 0.717) is 0 Å². The summed E-state index contributed by atoms with van der Waals surface area (Å²) in [6.45, 7) is 1.49. The number of carbonyl (C=O) groups is 2. The van der Waals surface area contributed by atoms with Gasteiger partial charge in [0.2, 0.25) is 0 Å².